The number of hydrogen-bond acceptors (Lipinski definition) is 2. The Morgan fingerprint density at radius 2 is 1.34 bits per heavy atom. The standard InChI is InChI=1S/C42H30BrN3O/c1-26-31-22-23-33-37(39(31)44-38(26)27-13-5-2-6-14-27)32-19-11-12-20-35(32)45-42(33)34-25-30(43)21-24-36(34)46(41(42)47)40(28-15-7-3-8-16-28)29-17-9-4-10-18-29/h2-25,40,44-45H,1H3. The molecule has 5 heteroatoms. The Hall–Kier alpha value is -5.39. The van der Waals surface area contributed by atoms with Gasteiger partial charge in [0.15, 0.2) is 5.54 Å². The lowest BCUT2D eigenvalue weighted by atomic mass is 9.75. The van der Waals surface area contributed by atoms with Crippen molar-refractivity contribution in [2.45, 2.75) is 18.5 Å². The molecule has 47 heavy (non-hydrogen) atoms. The van der Waals surface area contributed by atoms with Crippen LogP contribution in [0, 0.1) is 6.92 Å². The molecule has 0 saturated carbocycles. The highest BCUT2D eigenvalue weighted by atomic mass is 79.9. The van der Waals surface area contributed by atoms with Gasteiger partial charge in [0.1, 0.15) is 0 Å². The van der Waals surface area contributed by atoms with Crippen molar-refractivity contribution in [2.75, 3.05) is 10.2 Å². The summed E-state index contributed by atoms with van der Waals surface area (Å²) in [5.41, 5.74) is 11.2. The predicted octanol–water partition coefficient (Wildman–Crippen LogP) is 10.4. The molecule has 0 bridgehead atoms. The van der Waals surface area contributed by atoms with Gasteiger partial charge in [-0.2, -0.15) is 0 Å². The molecule has 0 fully saturated rings. The first-order chi connectivity index (χ1) is 23.1. The first kappa shape index (κ1) is 27.9. The summed E-state index contributed by atoms with van der Waals surface area (Å²) in [7, 11) is 0. The average molecular weight is 673 g/mol. The maximum absolute atomic E-state index is 15.7. The van der Waals surface area contributed by atoms with Gasteiger partial charge in [0.25, 0.3) is 5.91 Å². The number of hydrogen-bond donors (Lipinski definition) is 2. The highest BCUT2D eigenvalue weighted by Crippen LogP contribution is 2.57. The molecule has 1 aromatic heterocycles. The Morgan fingerprint density at radius 1 is 0.702 bits per heavy atom. The Kier molecular flexibility index (Phi) is 6.28. The summed E-state index contributed by atoms with van der Waals surface area (Å²) in [5, 5.41) is 4.99. The molecule has 6 aromatic carbocycles. The molecule has 2 aliphatic heterocycles. The van der Waals surface area contributed by atoms with Gasteiger partial charge in [0, 0.05) is 43.5 Å². The topological polar surface area (TPSA) is 48.1 Å². The first-order valence-electron chi connectivity index (χ1n) is 15.9. The van der Waals surface area contributed by atoms with E-state index in [-0.39, 0.29) is 11.9 Å². The summed E-state index contributed by atoms with van der Waals surface area (Å²) in [6, 6.07) is 49.7. The zero-order chi connectivity index (χ0) is 31.7. The fourth-order valence-electron chi connectivity index (χ4n) is 7.79. The number of fused-ring (bicyclic) bond motifs is 8. The van der Waals surface area contributed by atoms with E-state index < -0.39 is 5.54 Å². The summed E-state index contributed by atoms with van der Waals surface area (Å²) < 4.78 is 0.923. The Morgan fingerprint density at radius 3 is 2.04 bits per heavy atom. The second-order valence-corrected chi connectivity index (χ2v) is 13.3. The van der Waals surface area contributed by atoms with Crippen molar-refractivity contribution >= 4 is 44.1 Å². The SMILES string of the molecule is Cc1c(-c2ccccc2)[nH]c2c3c(ccc12)C1(Nc2ccccc2-3)C(=O)N(C(c2ccccc2)c2ccccc2)c2ccc(Br)cc21. The number of aromatic nitrogens is 1. The summed E-state index contributed by atoms with van der Waals surface area (Å²) in [5.74, 6) is -0.00929. The van der Waals surface area contributed by atoms with Crippen molar-refractivity contribution < 1.29 is 4.79 Å². The monoisotopic (exact) mass is 671 g/mol. The van der Waals surface area contributed by atoms with Crippen LogP contribution in [0.2, 0.25) is 0 Å². The van der Waals surface area contributed by atoms with Crippen LogP contribution in [-0.4, -0.2) is 10.9 Å². The zero-order valence-corrected chi connectivity index (χ0v) is 27.3. The van der Waals surface area contributed by atoms with Crippen molar-refractivity contribution in [3.63, 3.8) is 0 Å². The van der Waals surface area contributed by atoms with Gasteiger partial charge in [-0.3, -0.25) is 9.69 Å². The number of carbonyl (C=O) groups is 1. The molecule has 3 heterocycles. The predicted molar refractivity (Wildman–Crippen MR) is 195 cm³/mol. The summed E-state index contributed by atoms with van der Waals surface area (Å²) in [6.45, 7) is 2.18. The zero-order valence-electron chi connectivity index (χ0n) is 25.7. The number of nitrogens with one attached hydrogen (secondary N) is 2. The van der Waals surface area contributed by atoms with Gasteiger partial charge in [0.2, 0.25) is 0 Å². The van der Waals surface area contributed by atoms with E-state index in [0.717, 1.165) is 71.4 Å². The Labute approximate surface area is 281 Å². The number of rotatable bonds is 4. The Bertz CT molecular complexity index is 2290. The molecule has 2 aliphatic rings. The lowest BCUT2D eigenvalue weighted by Crippen LogP contribution is -2.49. The van der Waals surface area contributed by atoms with E-state index in [4.69, 9.17) is 0 Å². The van der Waals surface area contributed by atoms with Crippen molar-refractivity contribution in [1.82, 2.24) is 4.98 Å². The van der Waals surface area contributed by atoms with Gasteiger partial charge in [-0.05, 0) is 53.4 Å². The molecule has 9 rings (SSSR count). The van der Waals surface area contributed by atoms with Gasteiger partial charge < -0.3 is 10.3 Å². The second kappa shape index (κ2) is 10.6. The summed E-state index contributed by atoms with van der Waals surface area (Å²) >= 11 is 3.77. The van der Waals surface area contributed by atoms with E-state index in [1.807, 2.05) is 59.5 Å². The number of benzene rings is 6. The number of para-hydroxylation sites is 1. The van der Waals surface area contributed by atoms with Crippen LogP contribution >= 0.6 is 15.9 Å². The van der Waals surface area contributed by atoms with E-state index >= 15 is 4.79 Å². The summed E-state index contributed by atoms with van der Waals surface area (Å²) in [6.07, 6.45) is 0. The number of halogens is 1. The second-order valence-electron chi connectivity index (χ2n) is 12.4. The maximum atomic E-state index is 15.7. The number of H-pyrrole nitrogens is 1. The molecule has 7 aromatic rings. The molecule has 4 nitrogen and oxygen atoms in total. The molecule has 226 valence electrons. The van der Waals surface area contributed by atoms with Gasteiger partial charge in [-0.15, -0.1) is 0 Å². The van der Waals surface area contributed by atoms with Gasteiger partial charge in [-0.1, -0.05) is 137 Å². The van der Waals surface area contributed by atoms with E-state index in [1.54, 1.807) is 0 Å². The van der Waals surface area contributed by atoms with Gasteiger partial charge in [-0.25, -0.2) is 0 Å². The highest BCUT2D eigenvalue weighted by molar-refractivity contribution is 9.10. The van der Waals surface area contributed by atoms with Crippen molar-refractivity contribution in [1.29, 1.82) is 0 Å². The fraction of sp³-hybridized carbons (Fsp3) is 0.0714. The molecular weight excluding hydrogens is 642 g/mol. The fourth-order valence-corrected chi connectivity index (χ4v) is 8.15. The highest BCUT2D eigenvalue weighted by Gasteiger charge is 2.57. The van der Waals surface area contributed by atoms with Crippen LogP contribution in [0.5, 0.6) is 0 Å². The molecular formula is C42H30BrN3O. The number of nitrogens with zero attached hydrogens (tertiary/aromatic N) is 1. The molecule has 2 N–H and O–H groups in total. The lowest BCUT2D eigenvalue weighted by Gasteiger charge is -2.39. The smallest absolute Gasteiger partial charge is 0.263 e. The third kappa shape index (κ3) is 4.03. The van der Waals surface area contributed by atoms with Crippen LogP contribution < -0.4 is 10.2 Å². The van der Waals surface area contributed by atoms with E-state index in [1.165, 1.54) is 5.56 Å². The molecule has 0 radical (unpaired) electrons. The van der Waals surface area contributed by atoms with Crippen LogP contribution in [-0.2, 0) is 10.3 Å². The number of aromatic amines is 1. The van der Waals surface area contributed by atoms with Crippen molar-refractivity contribution in [3.05, 3.63) is 178 Å². The summed E-state index contributed by atoms with van der Waals surface area (Å²) in [4.78, 5) is 21.5. The van der Waals surface area contributed by atoms with Crippen LogP contribution in [0.1, 0.15) is 33.9 Å². The van der Waals surface area contributed by atoms with Crippen LogP contribution in [0.3, 0.4) is 0 Å². The van der Waals surface area contributed by atoms with E-state index in [2.05, 4.69) is 124 Å². The Balaban J connectivity index is 1.35. The number of carbonyl (C=O) groups excluding carboxylic acids is 1. The van der Waals surface area contributed by atoms with E-state index in [0.29, 0.717) is 0 Å². The minimum atomic E-state index is -1.16. The van der Waals surface area contributed by atoms with Crippen LogP contribution in [0.25, 0.3) is 33.3 Å². The van der Waals surface area contributed by atoms with Gasteiger partial charge in [0.05, 0.1) is 17.2 Å². The third-order valence-electron chi connectivity index (χ3n) is 9.87. The molecule has 1 atom stereocenters. The van der Waals surface area contributed by atoms with Crippen LogP contribution in [0.4, 0.5) is 11.4 Å². The minimum Gasteiger partial charge on any atom is -0.363 e. The minimum absolute atomic E-state index is 0.00929. The lowest BCUT2D eigenvalue weighted by molar-refractivity contribution is -0.121. The average Bonchev–Trinajstić information content (AvgIpc) is 3.57. The molecule has 1 amide bonds. The molecule has 0 aliphatic carbocycles. The molecule has 1 spiro atoms. The van der Waals surface area contributed by atoms with Crippen molar-refractivity contribution in [3.8, 4) is 22.4 Å². The normalized spacial score (nSPS) is 16.3. The number of amides is 1. The third-order valence-corrected chi connectivity index (χ3v) is 10.4. The number of anilines is 2. The number of aryl methyl sites for hydroxylation is 1. The quantitative estimate of drug-likeness (QED) is 0.196. The first-order valence-corrected chi connectivity index (χ1v) is 16.7. The molecule has 0 saturated heterocycles. The van der Waals surface area contributed by atoms with Crippen LogP contribution in [0.15, 0.2) is 150 Å². The van der Waals surface area contributed by atoms with Crippen molar-refractivity contribution in [2.24, 2.45) is 0 Å². The van der Waals surface area contributed by atoms with Gasteiger partial charge >= 0.3 is 0 Å². The van der Waals surface area contributed by atoms with E-state index in [9.17, 15) is 0 Å². The largest absolute Gasteiger partial charge is 0.363 e. The maximum Gasteiger partial charge on any atom is 0.263 e. The molecule has 1 unspecified atom stereocenters.